The second-order valence-electron chi connectivity index (χ2n) is 2.19. The van der Waals surface area contributed by atoms with E-state index in [9.17, 15) is 9.59 Å². The van der Waals surface area contributed by atoms with Gasteiger partial charge in [0.1, 0.15) is 5.69 Å². The average molecular weight is 166 g/mol. The maximum Gasteiger partial charge on any atom is 0.305 e. The molecule has 11 heavy (non-hydrogen) atoms. The minimum absolute atomic E-state index is 0.0305. The maximum atomic E-state index is 11.1. The molecule has 0 atom stereocenters. The van der Waals surface area contributed by atoms with Gasteiger partial charge in [-0.3, -0.25) is 9.59 Å². The molecule has 0 spiro atoms. The molecule has 0 unspecified atom stereocenters. The Morgan fingerprint density at radius 2 is 2.36 bits per heavy atom. The van der Waals surface area contributed by atoms with Gasteiger partial charge in [0.25, 0.3) is 0 Å². The first kappa shape index (κ1) is 6.54. The summed E-state index contributed by atoms with van der Waals surface area (Å²) in [6.45, 7) is 0. The third-order valence-electron chi connectivity index (χ3n) is 1.45. The molecule has 1 aromatic heterocycles. The van der Waals surface area contributed by atoms with Crippen molar-refractivity contribution in [2.45, 2.75) is 6.42 Å². The smallest absolute Gasteiger partial charge is 0.305 e. The van der Waals surface area contributed by atoms with E-state index in [1.54, 1.807) is 6.08 Å². The number of Topliss-reactive ketones (excluding diaryl/α,β-unsaturated/α-hetero) is 1. The van der Waals surface area contributed by atoms with Gasteiger partial charge in [0.2, 0.25) is 0 Å². The molecule has 1 aliphatic rings. The van der Waals surface area contributed by atoms with Crippen molar-refractivity contribution in [1.29, 1.82) is 0 Å². The number of aromatic nitrogens is 1. The Morgan fingerprint density at radius 3 is 3.09 bits per heavy atom. The van der Waals surface area contributed by atoms with Crippen LogP contribution in [0.1, 0.15) is 21.8 Å². The molecule has 0 saturated carbocycles. The molecule has 55 valence electrons. The fourth-order valence-electron chi connectivity index (χ4n) is 0.965. The van der Waals surface area contributed by atoms with Crippen LogP contribution in [0.25, 0.3) is 0 Å². The molecule has 0 fully saturated rings. The molecule has 2 rings (SSSR count). The zero-order valence-corrected chi connectivity index (χ0v) is 6.33. The number of fused-ring (bicyclic) bond motifs is 1. The number of hydrogen-bond acceptors (Lipinski definition) is 3. The Morgan fingerprint density at radius 1 is 1.55 bits per heavy atom. The zero-order chi connectivity index (χ0) is 7.84. The Kier molecular flexibility index (Phi) is 1.29. The van der Waals surface area contributed by atoms with Crippen molar-refractivity contribution >= 4 is 17.1 Å². The van der Waals surface area contributed by atoms with Gasteiger partial charge in [-0.05, 0) is 6.08 Å². The lowest BCUT2D eigenvalue weighted by atomic mass is 10.1. The molecule has 0 aliphatic heterocycles. The summed E-state index contributed by atoms with van der Waals surface area (Å²) in [5.41, 5.74) is 0.419. The van der Waals surface area contributed by atoms with Gasteiger partial charge in [-0.15, -0.1) is 0 Å². The number of H-pyrrole nitrogens is 1. The Labute approximate surface area is 66.4 Å². The zero-order valence-electron chi connectivity index (χ0n) is 5.51. The lowest BCUT2D eigenvalue weighted by molar-refractivity contribution is 0.0989. The number of ketones is 1. The highest BCUT2D eigenvalue weighted by Gasteiger charge is 2.16. The van der Waals surface area contributed by atoms with Crippen LogP contribution >= 0.6 is 11.3 Å². The number of rotatable bonds is 0. The van der Waals surface area contributed by atoms with Crippen molar-refractivity contribution in [3.63, 3.8) is 0 Å². The van der Waals surface area contributed by atoms with Crippen LogP contribution in [-0.4, -0.2) is 10.8 Å². The standard InChI is InChI=1S/C7H4NO2S/c9-4-2-1-3-5-6(4)8-7(10)11-5/h1H,2H2,(H,8,10). The molecule has 1 aliphatic carbocycles. The number of thiazole rings is 1. The average Bonchev–Trinajstić information content (AvgIpc) is 2.31. The topological polar surface area (TPSA) is 49.9 Å². The van der Waals surface area contributed by atoms with Crippen molar-refractivity contribution in [3.8, 4) is 0 Å². The number of aromatic amines is 1. The molecule has 0 amide bonds. The van der Waals surface area contributed by atoms with Gasteiger partial charge in [-0.2, -0.15) is 0 Å². The van der Waals surface area contributed by atoms with Crippen molar-refractivity contribution in [2.75, 3.05) is 0 Å². The summed E-state index contributed by atoms with van der Waals surface area (Å²) in [6, 6.07) is 0. The van der Waals surface area contributed by atoms with Gasteiger partial charge in [-0.1, -0.05) is 17.4 Å². The molecule has 1 N–H and O–H groups in total. The normalized spacial score (nSPS) is 15.1. The largest absolute Gasteiger partial charge is 0.309 e. The van der Waals surface area contributed by atoms with E-state index >= 15 is 0 Å². The fraction of sp³-hybridized carbons (Fsp3) is 0.143. The summed E-state index contributed by atoms with van der Waals surface area (Å²) >= 11 is 1.02. The number of hydrogen-bond donors (Lipinski definition) is 1. The lowest BCUT2D eigenvalue weighted by Gasteiger charge is -1.99. The SMILES string of the molecule is O=C1CC=[C]c2sc(=O)[nH]c21. The van der Waals surface area contributed by atoms with E-state index in [2.05, 4.69) is 11.1 Å². The Bertz CT molecular complexity index is 385. The highest BCUT2D eigenvalue weighted by molar-refractivity contribution is 7.09. The predicted octanol–water partition coefficient (Wildman–Crippen LogP) is 0.730. The van der Waals surface area contributed by atoms with E-state index in [0.717, 1.165) is 11.3 Å². The summed E-state index contributed by atoms with van der Waals surface area (Å²) in [4.78, 5) is 24.7. The van der Waals surface area contributed by atoms with Crippen LogP contribution in [0.4, 0.5) is 0 Å². The summed E-state index contributed by atoms with van der Waals surface area (Å²) in [5.74, 6) is -0.0305. The van der Waals surface area contributed by atoms with Crippen LogP contribution in [0.2, 0.25) is 0 Å². The molecular formula is C7H4NO2S. The van der Waals surface area contributed by atoms with Crippen LogP contribution < -0.4 is 4.87 Å². The summed E-state index contributed by atoms with van der Waals surface area (Å²) in [7, 11) is 0. The third kappa shape index (κ3) is 0.952. The van der Waals surface area contributed by atoms with Gasteiger partial charge in [0, 0.05) is 6.42 Å². The molecule has 0 saturated heterocycles. The first-order valence-electron chi connectivity index (χ1n) is 3.12. The van der Waals surface area contributed by atoms with E-state index in [1.165, 1.54) is 0 Å². The van der Waals surface area contributed by atoms with Crippen LogP contribution in [0, 0.1) is 6.08 Å². The minimum Gasteiger partial charge on any atom is -0.309 e. The molecule has 3 nitrogen and oxygen atoms in total. The minimum atomic E-state index is -0.189. The molecule has 4 heteroatoms. The number of carbonyl (C=O) groups is 1. The number of carbonyl (C=O) groups excluding carboxylic acids is 1. The molecule has 0 bridgehead atoms. The highest BCUT2D eigenvalue weighted by atomic mass is 32.1. The Balaban J connectivity index is 2.71. The van der Waals surface area contributed by atoms with Crippen LogP contribution in [0.3, 0.4) is 0 Å². The summed E-state index contributed by atoms with van der Waals surface area (Å²) in [5, 5.41) is 0. The summed E-state index contributed by atoms with van der Waals surface area (Å²) in [6.07, 6.45) is 4.85. The molecular weight excluding hydrogens is 162 g/mol. The second-order valence-corrected chi connectivity index (χ2v) is 3.18. The second kappa shape index (κ2) is 2.17. The van der Waals surface area contributed by atoms with E-state index in [0.29, 0.717) is 17.0 Å². The lowest BCUT2D eigenvalue weighted by Crippen LogP contribution is -2.05. The predicted molar refractivity (Wildman–Crippen MR) is 40.8 cm³/mol. The van der Waals surface area contributed by atoms with Gasteiger partial charge >= 0.3 is 4.87 Å². The van der Waals surface area contributed by atoms with Crippen molar-refractivity contribution < 1.29 is 4.79 Å². The molecule has 0 aromatic carbocycles. The number of nitrogens with one attached hydrogen (secondary N) is 1. The maximum absolute atomic E-state index is 11.1. The van der Waals surface area contributed by atoms with Gasteiger partial charge in [0.15, 0.2) is 5.78 Å². The van der Waals surface area contributed by atoms with Crippen LogP contribution in [-0.2, 0) is 0 Å². The van der Waals surface area contributed by atoms with E-state index < -0.39 is 0 Å². The van der Waals surface area contributed by atoms with Crippen LogP contribution in [0.5, 0.6) is 0 Å². The van der Waals surface area contributed by atoms with Gasteiger partial charge < -0.3 is 4.98 Å². The monoisotopic (exact) mass is 166 g/mol. The van der Waals surface area contributed by atoms with Crippen molar-refractivity contribution in [2.24, 2.45) is 0 Å². The van der Waals surface area contributed by atoms with E-state index in [-0.39, 0.29) is 10.7 Å². The number of allylic oxidation sites excluding steroid dienone is 1. The van der Waals surface area contributed by atoms with Gasteiger partial charge in [0.05, 0.1) is 4.88 Å². The van der Waals surface area contributed by atoms with E-state index in [1.807, 2.05) is 0 Å². The van der Waals surface area contributed by atoms with Crippen LogP contribution in [0.15, 0.2) is 10.9 Å². The first-order valence-corrected chi connectivity index (χ1v) is 3.93. The molecule has 1 radical (unpaired) electrons. The highest BCUT2D eigenvalue weighted by Crippen LogP contribution is 2.16. The quantitative estimate of drug-likeness (QED) is 0.617. The first-order chi connectivity index (χ1) is 5.27. The summed E-state index contributed by atoms with van der Waals surface area (Å²) < 4.78 is 0. The Hall–Kier alpha value is -1.16. The van der Waals surface area contributed by atoms with Crippen molar-refractivity contribution in [3.05, 3.63) is 32.4 Å². The fourth-order valence-corrected chi connectivity index (χ4v) is 1.71. The third-order valence-corrected chi connectivity index (χ3v) is 2.26. The van der Waals surface area contributed by atoms with E-state index in [4.69, 9.17) is 0 Å². The molecule has 1 heterocycles. The van der Waals surface area contributed by atoms with Gasteiger partial charge in [-0.25, -0.2) is 0 Å². The van der Waals surface area contributed by atoms with Crippen molar-refractivity contribution in [1.82, 2.24) is 4.98 Å². The molecule has 1 aromatic rings.